The Bertz CT molecular complexity index is 503. The average molecular weight is 288 g/mol. The highest BCUT2D eigenvalue weighted by Gasteiger charge is 2.34. The van der Waals surface area contributed by atoms with Crippen LogP contribution in [-0.2, 0) is 4.79 Å². The van der Waals surface area contributed by atoms with Crippen LogP contribution in [0.25, 0.3) is 0 Å². The highest BCUT2D eigenvalue weighted by atomic mass is 16.5. The van der Waals surface area contributed by atoms with Crippen molar-refractivity contribution in [3.63, 3.8) is 0 Å². The molecule has 4 nitrogen and oxygen atoms in total. The number of likely N-dealkylation sites (tertiary alicyclic amines) is 1. The van der Waals surface area contributed by atoms with Crippen molar-refractivity contribution in [3.8, 4) is 5.75 Å². The van der Waals surface area contributed by atoms with Crippen LogP contribution in [0.5, 0.6) is 5.75 Å². The largest absolute Gasteiger partial charge is 0.492 e. The number of hydrogen-bond acceptors (Lipinski definition) is 3. The Morgan fingerprint density at radius 3 is 3.14 bits per heavy atom. The molecule has 2 heterocycles. The molecule has 21 heavy (non-hydrogen) atoms. The molecule has 0 saturated carbocycles. The van der Waals surface area contributed by atoms with E-state index in [0.29, 0.717) is 12.6 Å². The summed E-state index contributed by atoms with van der Waals surface area (Å²) in [6.07, 6.45) is 3.39. The molecule has 0 aliphatic carbocycles. The second-order valence-corrected chi connectivity index (χ2v) is 5.98. The number of carbonyl (C=O) groups is 1. The minimum absolute atomic E-state index is 0.119. The zero-order valence-electron chi connectivity index (χ0n) is 12.7. The van der Waals surface area contributed by atoms with Crippen LogP contribution in [0.3, 0.4) is 0 Å². The molecule has 1 aromatic carbocycles. The van der Waals surface area contributed by atoms with Gasteiger partial charge in [0.15, 0.2) is 0 Å². The Hall–Kier alpha value is -1.55. The first-order chi connectivity index (χ1) is 10.3. The monoisotopic (exact) mass is 288 g/mol. The third-order valence-electron chi connectivity index (χ3n) is 4.41. The van der Waals surface area contributed by atoms with E-state index in [1.807, 2.05) is 29.2 Å². The van der Waals surface area contributed by atoms with Crippen molar-refractivity contribution in [3.05, 3.63) is 29.8 Å². The Morgan fingerprint density at radius 2 is 2.29 bits per heavy atom. The third kappa shape index (κ3) is 3.05. The smallest absolute Gasteiger partial charge is 0.233 e. The van der Waals surface area contributed by atoms with Crippen LogP contribution in [0.4, 0.5) is 0 Å². The maximum atomic E-state index is 12.8. The van der Waals surface area contributed by atoms with Crippen LogP contribution < -0.4 is 10.1 Å². The lowest BCUT2D eigenvalue weighted by Gasteiger charge is -2.34. The van der Waals surface area contributed by atoms with Gasteiger partial charge in [0.1, 0.15) is 18.3 Å². The number of hydrogen-bond donors (Lipinski definition) is 1. The van der Waals surface area contributed by atoms with Crippen molar-refractivity contribution in [1.82, 2.24) is 10.2 Å². The lowest BCUT2D eigenvalue weighted by atomic mass is 9.97. The van der Waals surface area contributed by atoms with E-state index in [0.717, 1.165) is 43.8 Å². The molecule has 4 heteroatoms. The SMILES string of the molecule is CCCNC1CCCN(C(=O)C2COc3ccccc32)C1. The van der Waals surface area contributed by atoms with Gasteiger partial charge in [0.2, 0.25) is 5.91 Å². The van der Waals surface area contributed by atoms with Gasteiger partial charge in [-0.2, -0.15) is 0 Å². The van der Waals surface area contributed by atoms with Gasteiger partial charge in [0.05, 0.1) is 0 Å². The van der Waals surface area contributed by atoms with Crippen LogP contribution >= 0.6 is 0 Å². The summed E-state index contributed by atoms with van der Waals surface area (Å²) in [5, 5.41) is 3.54. The number of piperidine rings is 1. The number of benzene rings is 1. The molecule has 0 spiro atoms. The normalized spacial score (nSPS) is 24.5. The summed E-state index contributed by atoms with van der Waals surface area (Å²) >= 11 is 0. The summed E-state index contributed by atoms with van der Waals surface area (Å²) in [5.74, 6) is 0.975. The van der Waals surface area contributed by atoms with E-state index in [1.165, 1.54) is 6.42 Å². The molecule has 3 rings (SSSR count). The highest BCUT2D eigenvalue weighted by Crippen LogP contribution is 2.35. The maximum absolute atomic E-state index is 12.8. The zero-order chi connectivity index (χ0) is 14.7. The van der Waals surface area contributed by atoms with Gasteiger partial charge in [-0.15, -0.1) is 0 Å². The number of amides is 1. The first-order valence-electron chi connectivity index (χ1n) is 8.03. The Labute approximate surface area is 126 Å². The molecule has 0 bridgehead atoms. The van der Waals surface area contributed by atoms with Crippen LogP contribution in [0, 0.1) is 0 Å². The van der Waals surface area contributed by atoms with Crippen molar-refractivity contribution in [2.75, 3.05) is 26.2 Å². The van der Waals surface area contributed by atoms with Crippen LogP contribution in [0.15, 0.2) is 24.3 Å². The second-order valence-electron chi connectivity index (χ2n) is 5.98. The van der Waals surface area contributed by atoms with Gasteiger partial charge in [0.25, 0.3) is 0 Å². The zero-order valence-corrected chi connectivity index (χ0v) is 12.7. The minimum Gasteiger partial charge on any atom is -0.492 e. The van der Waals surface area contributed by atoms with E-state index in [9.17, 15) is 4.79 Å². The van der Waals surface area contributed by atoms with Gasteiger partial charge in [0, 0.05) is 24.7 Å². The molecule has 1 amide bonds. The fraction of sp³-hybridized carbons (Fsp3) is 0.588. The molecule has 2 atom stereocenters. The lowest BCUT2D eigenvalue weighted by molar-refractivity contribution is -0.134. The fourth-order valence-electron chi connectivity index (χ4n) is 3.28. The van der Waals surface area contributed by atoms with Gasteiger partial charge in [-0.1, -0.05) is 25.1 Å². The quantitative estimate of drug-likeness (QED) is 0.923. The first kappa shape index (κ1) is 14.4. The van der Waals surface area contributed by atoms with Gasteiger partial charge >= 0.3 is 0 Å². The fourth-order valence-corrected chi connectivity index (χ4v) is 3.28. The summed E-state index contributed by atoms with van der Waals surface area (Å²) in [6, 6.07) is 8.35. The molecule has 2 unspecified atom stereocenters. The number of rotatable bonds is 4. The lowest BCUT2D eigenvalue weighted by Crippen LogP contribution is -2.49. The molecule has 2 aliphatic heterocycles. The highest BCUT2D eigenvalue weighted by molar-refractivity contribution is 5.85. The first-order valence-corrected chi connectivity index (χ1v) is 8.03. The van der Waals surface area contributed by atoms with Crippen LogP contribution in [0.1, 0.15) is 37.7 Å². The van der Waals surface area contributed by atoms with Crippen molar-refractivity contribution in [1.29, 1.82) is 0 Å². The molecule has 1 saturated heterocycles. The number of ether oxygens (including phenoxy) is 1. The molecule has 1 N–H and O–H groups in total. The van der Waals surface area contributed by atoms with Crippen molar-refractivity contribution in [2.45, 2.75) is 38.1 Å². The number of carbonyl (C=O) groups excluding carboxylic acids is 1. The number of nitrogens with one attached hydrogen (secondary N) is 1. The van der Waals surface area contributed by atoms with E-state index >= 15 is 0 Å². The van der Waals surface area contributed by atoms with E-state index < -0.39 is 0 Å². The van der Waals surface area contributed by atoms with E-state index in [2.05, 4.69) is 12.2 Å². The second kappa shape index (κ2) is 6.48. The average Bonchev–Trinajstić information content (AvgIpc) is 2.96. The molecule has 0 radical (unpaired) electrons. The van der Waals surface area contributed by atoms with E-state index in [4.69, 9.17) is 4.74 Å². The van der Waals surface area contributed by atoms with E-state index in [-0.39, 0.29) is 11.8 Å². The molecule has 114 valence electrons. The molecule has 1 fully saturated rings. The van der Waals surface area contributed by atoms with Crippen molar-refractivity contribution < 1.29 is 9.53 Å². The van der Waals surface area contributed by atoms with E-state index in [1.54, 1.807) is 0 Å². The molecule has 1 aromatic rings. The predicted molar refractivity (Wildman–Crippen MR) is 82.6 cm³/mol. The summed E-state index contributed by atoms with van der Waals surface area (Å²) in [4.78, 5) is 14.8. The van der Waals surface area contributed by atoms with Crippen LogP contribution in [0.2, 0.25) is 0 Å². The van der Waals surface area contributed by atoms with Gasteiger partial charge in [-0.3, -0.25) is 4.79 Å². The Morgan fingerprint density at radius 1 is 1.43 bits per heavy atom. The summed E-state index contributed by atoms with van der Waals surface area (Å²) in [5.41, 5.74) is 1.05. The van der Waals surface area contributed by atoms with Crippen molar-refractivity contribution >= 4 is 5.91 Å². The summed E-state index contributed by atoms with van der Waals surface area (Å²) in [6.45, 7) is 5.40. The minimum atomic E-state index is -0.119. The Balaban J connectivity index is 1.65. The molecular formula is C17H24N2O2. The number of para-hydroxylation sites is 1. The molecule has 2 aliphatic rings. The number of nitrogens with zero attached hydrogens (tertiary/aromatic N) is 1. The predicted octanol–water partition coefficient (Wildman–Crippen LogP) is 2.15. The van der Waals surface area contributed by atoms with Gasteiger partial charge in [-0.05, 0) is 31.9 Å². The van der Waals surface area contributed by atoms with Crippen LogP contribution in [-0.4, -0.2) is 43.1 Å². The summed E-state index contributed by atoms with van der Waals surface area (Å²) in [7, 11) is 0. The van der Waals surface area contributed by atoms with Crippen molar-refractivity contribution in [2.24, 2.45) is 0 Å². The number of fused-ring (bicyclic) bond motifs is 1. The molecule has 0 aromatic heterocycles. The third-order valence-corrected chi connectivity index (χ3v) is 4.41. The Kier molecular flexibility index (Phi) is 4.44. The maximum Gasteiger partial charge on any atom is 0.233 e. The summed E-state index contributed by atoms with van der Waals surface area (Å²) < 4.78 is 5.65. The molecular weight excluding hydrogens is 264 g/mol. The van der Waals surface area contributed by atoms with Gasteiger partial charge < -0.3 is 15.0 Å². The standard InChI is InChI=1S/C17H24N2O2/c1-2-9-18-13-6-5-10-19(11-13)17(20)15-12-21-16-8-4-3-7-14(15)16/h3-4,7-8,13,15,18H,2,5-6,9-12H2,1H3. The van der Waals surface area contributed by atoms with Gasteiger partial charge in [-0.25, -0.2) is 0 Å². The topological polar surface area (TPSA) is 41.6 Å².